The predicted molar refractivity (Wildman–Crippen MR) is 86.1 cm³/mol. The molecular formula is C15H17N3O2S. The fourth-order valence-corrected chi connectivity index (χ4v) is 2.23. The number of rotatable bonds is 5. The van der Waals surface area contributed by atoms with Crippen LogP contribution in [0.1, 0.15) is 17.3 Å². The van der Waals surface area contributed by atoms with Gasteiger partial charge >= 0.3 is 5.97 Å². The van der Waals surface area contributed by atoms with Crippen molar-refractivity contribution in [2.45, 2.75) is 11.8 Å². The number of hydrogen-bond acceptors (Lipinski definition) is 6. The monoisotopic (exact) mass is 303 g/mol. The summed E-state index contributed by atoms with van der Waals surface area (Å²) in [6, 6.07) is 9.52. The highest BCUT2D eigenvalue weighted by atomic mass is 32.2. The largest absolute Gasteiger partial charge is 0.462 e. The third kappa shape index (κ3) is 3.88. The minimum atomic E-state index is -0.446. The van der Waals surface area contributed by atoms with Gasteiger partial charge in [-0.2, -0.15) is 0 Å². The quantitative estimate of drug-likeness (QED) is 0.652. The van der Waals surface area contributed by atoms with Crippen molar-refractivity contribution < 1.29 is 9.53 Å². The van der Waals surface area contributed by atoms with E-state index in [2.05, 4.69) is 10.3 Å². The van der Waals surface area contributed by atoms with Crippen molar-refractivity contribution in [2.24, 2.45) is 0 Å². The Balaban J connectivity index is 2.24. The number of pyridine rings is 1. The molecule has 2 aromatic rings. The van der Waals surface area contributed by atoms with Crippen LogP contribution in [0.5, 0.6) is 0 Å². The standard InChI is InChI=1S/C15H17N3O2S/c1-3-20-15(19)12-8-14(17-9-13(12)16)18-10-5-4-6-11(7-10)21-2/h4-9H,3,16H2,1-2H3,(H,17,18). The van der Waals surface area contributed by atoms with Crippen molar-refractivity contribution in [1.82, 2.24) is 4.98 Å². The number of nitrogens with one attached hydrogen (secondary N) is 1. The smallest absolute Gasteiger partial charge is 0.340 e. The van der Waals surface area contributed by atoms with Gasteiger partial charge in [-0.1, -0.05) is 6.07 Å². The van der Waals surface area contributed by atoms with Crippen molar-refractivity contribution in [2.75, 3.05) is 23.9 Å². The Hall–Kier alpha value is -2.21. The van der Waals surface area contributed by atoms with E-state index < -0.39 is 5.97 Å². The number of aromatic nitrogens is 1. The molecule has 2 rings (SSSR count). The van der Waals surface area contributed by atoms with Gasteiger partial charge in [0.05, 0.1) is 24.1 Å². The van der Waals surface area contributed by atoms with Crippen LogP contribution in [-0.2, 0) is 4.74 Å². The van der Waals surface area contributed by atoms with Crippen LogP contribution in [0.15, 0.2) is 41.4 Å². The summed E-state index contributed by atoms with van der Waals surface area (Å²) in [4.78, 5) is 17.1. The van der Waals surface area contributed by atoms with Gasteiger partial charge in [0, 0.05) is 10.6 Å². The number of anilines is 3. The van der Waals surface area contributed by atoms with Crippen LogP contribution in [0.4, 0.5) is 17.2 Å². The molecule has 5 nitrogen and oxygen atoms in total. The Morgan fingerprint density at radius 1 is 1.43 bits per heavy atom. The molecule has 0 saturated heterocycles. The molecule has 0 amide bonds. The van der Waals surface area contributed by atoms with E-state index in [1.54, 1.807) is 24.8 Å². The third-order valence-corrected chi connectivity index (χ3v) is 3.50. The minimum absolute atomic E-state index is 0.303. The molecule has 0 fully saturated rings. The van der Waals surface area contributed by atoms with Gasteiger partial charge in [0.2, 0.25) is 0 Å². The zero-order valence-electron chi connectivity index (χ0n) is 11.9. The number of nitrogens with two attached hydrogens (primary N) is 1. The lowest BCUT2D eigenvalue weighted by molar-refractivity contribution is 0.0527. The summed E-state index contributed by atoms with van der Waals surface area (Å²) < 4.78 is 4.97. The SMILES string of the molecule is CCOC(=O)c1cc(Nc2cccc(SC)c2)ncc1N. The van der Waals surface area contributed by atoms with Gasteiger partial charge in [0.1, 0.15) is 5.82 Å². The number of benzene rings is 1. The van der Waals surface area contributed by atoms with Crippen molar-refractivity contribution in [1.29, 1.82) is 0 Å². The molecule has 21 heavy (non-hydrogen) atoms. The molecular weight excluding hydrogens is 286 g/mol. The summed E-state index contributed by atoms with van der Waals surface area (Å²) >= 11 is 1.66. The Morgan fingerprint density at radius 2 is 2.24 bits per heavy atom. The second-order valence-corrected chi connectivity index (χ2v) is 5.11. The molecule has 3 N–H and O–H groups in total. The predicted octanol–water partition coefficient (Wildman–Crippen LogP) is 3.31. The van der Waals surface area contributed by atoms with Gasteiger partial charge in [-0.3, -0.25) is 0 Å². The Morgan fingerprint density at radius 3 is 2.95 bits per heavy atom. The third-order valence-electron chi connectivity index (χ3n) is 2.77. The van der Waals surface area contributed by atoms with Gasteiger partial charge in [-0.25, -0.2) is 9.78 Å². The van der Waals surface area contributed by atoms with Gasteiger partial charge in [-0.15, -0.1) is 11.8 Å². The number of esters is 1. The molecule has 0 aliphatic carbocycles. The lowest BCUT2D eigenvalue weighted by atomic mass is 10.2. The molecule has 1 aromatic carbocycles. The second kappa shape index (κ2) is 6.99. The summed E-state index contributed by atoms with van der Waals surface area (Å²) in [5, 5.41) is 3.16. The summed E-state index contributed by atoms with van der Waals surface area (Å²) in [6.07, 6.45) is 3.46. The molecule has 0 spiro atoms. The highest BCUT2D eigenvalue weighted by molar-refractivity contribution is 7.98. The molecule has 0 unspecified atom stereocenters. The molecule has 110 valence electrons. The maximum atomic E-state index is 11.8. The fraction of sp³-hybridized carbons (Fsp3) is 0.200. The average molecular weight is 303 g/mol. The number of hydrogen-bond donors (Lipinski definition) is 2. The Kier molecular flexibility index (Phi) is 5.05. The van der Waals surface area contributed by atoms with E-state index in [4.69, 9.17) is 10.5 Å². The molecule has 0 saturated carbocycles. The number of nitrogen functional groups attached to an aromatic ring is 1. The maximum absolute atomic E-state index is 11.8. The Bertz CT molecular complexity index is 647. The molecule has 1 heterocycles. The first-order valence-corrected chi connectivity index (χ1v) is 7.70. The van der Waals surface area contributed by atoms with Gasteiger partial charge in [-0.05, 0) is 37.4 Å². The zero-order valence-corrected chi connectivity index (χ0v) is 12.7. The topological polar surface area (TPSA) is 77.2 Å². The number of carbonyl (C=O) groups excluding carboxylic acids is 1. The van der Waals surface area contributed by atoms with Crippen LogP contribution in [0, 0.1) is 0 Å². The molecule has 0 aliphatic rings. The molecule has 0 atom stereocenters. The summed E-state index contributed by atoms with van der Waals surface area (Å²) in [5.41, 5.74) is 7.28. The van der Waals surface area contributed by atoms with E-state index >= 15 is 0 Å². The summed E-state index contributed by atoms with van der Waals surface area (Å²) in [6.45, 7) is 2.06. The number of thioether (sulfide) groups is 1. The normalized spacial score (nSPS) is 10.2. The van der Waals surface area contributed by atoms with Crippen molar-refractivity contribution in [3.8, 4) is 0 Å². The highest BCUT2D eigenvalue weighted by Crippen LogP contribution is 2.23. The van der Waals surface area contributed by atoms with Crippen LogP contribution in [-0.4, -0.2) is 23.8 Å². The molecule has 1 aromatic heterocycles. The van der Waals surface area contributed by atoms with E-state index in [1.165, 1.54) is 6.20 Å². The molecule has 6 heteroatoms. The zero-order chi connectivity index (χ0) is 15.2. The van der Waals surface area contributed by atoms with Gasteiger partial charge < -0.3 is 15.8 Å². The van der Waals surface area contributed by atoms with E-state index in [1.807, 2.05) is 30.5 Å². The maximum Gasteiger partial charge on any atom is 0.340 e. The first-order valence-electron chi connectivity index (χ1n) is 6.47. The van der Waals surface area contributed by atoms with Crippen LogP contribution < -0.4 is 11.1 Å². The van der Waals surface area contributed by atoms with Gasteiger partial charge in [0.25, 0.3) is 0 Å². The Labute approximate surface area is 127 Å². The van der Waals surface area contributed by atoms with E-state index in [9.17, 15) is 4.79 Å². The van der Waals surface area contributed by atoms with E-state index in [-0.39, 0.29) is 0 Å². The fourth-order valence-electron chi connectivity index (χ4n) is 1.77. The second-order valence-electron chi connectivity index (χ2n) is 4.23. The van der Waals surface area contributed by atoms with Crippen LogP contribution in [0.25, 0.3) is 0 Å². The summed E-state index contributed by atoms with van der Waals surface area (Å²) in [7, 11) is 0. The van der Waals surface area contributed by atoms with Crippen molar-refractivity contribution in [3.05, 3.63) is 42.1 Å². The highest BCUT2D eigenvalue weighted by Gasteiger charge is 2.12. The summed E-state index contributed by atoms with van der Waals surface area (Å²) in [5.74, 6) is 0.101. The number of nitrogens with zero attached hydrogens (tertiary/aromatic N) is 1. The molecule has 0 bridgehead atoms. The average Bonchev–Trinajstić information content (AvgIpc) is 2.49. The number of carbonyl (C=O) groups is 1. The molecule has 0 radical (unpaired) electrons. The van der Waals surface area contributed by atoms with Crippen LogP contribution in [0.3, 0.4) is 0 Å². The van der Waals surface area contributed by atoms with Gasteiger partial charge in [0.15, 0.2) is 0 Å². The lowest BCUT2D eigenvalue weighted by Gasteiger charge is -2.10. The minimum Gasteiger partial charge on any atom is -0.462 e. The number of ether oxygens (including phenoxy) is 1. The first-order chi connectivity index (χ1) is 10.1. The van der Waals surface area contributed by atoms with E-state index in [0.29, 0.717) is 23.7 Å². The van der Waals surface area contributed by atoms with Crippen molar-refractivity contribution in [3.63, 3.8) is 0 Å². The van der Waals surface area contributed by atoms with Crippen LogP contribution in [0.2, 0.25) is 0 Å². The first kappa shape index (κ1) is 15.2. The van der Waals surface area contributed by atoms with Crippen LogP contribution >= 0.6 is 11.8 Å². The lowest BCUT2D eigenvalue weighted by Crippen LogP contribution is -2.09. The van der Waals surface area contributed by atoms with E-state index in [0.717, 1.165) is 10.6 Å². The van der Waals surface area contributed by atoms with Crippen molar-refractivity contribution >= 4 is 34.9 Å². The molecule has 0 aliphatic heterocycles.